The first-order chi connectivity index (χ1) is 9.71. The zero-order valence-corrected chi connectivity index (χ0v) is 12.4. The van der Waals surface area contributed by atoms with E-state index in [1.807, 2.05) is 32.0 Å². The van der Waals surface area contributed by atoms with Crippen molar-refractivity contribution >= 4 is 36.0 Å². The summed E-state index contributed by atoms with van der Waals surface area (Å²) in [6.07, 6.45) is 4.03. The van der Waals surface area contributed by atoms with E-state index in [-0.39, 0.29) is 0 Å². The van der Waals surface area contributed by atoms with Gasteiger partial charge in [0.25, 0.3) is 0 Å². The highest BCUT2D eigenvalue weighted by atomic mass is 32.2. The molecule has 0 bridgehead atoms. The standard InChI is InChI=1S/C16H15BNOS/c1-12-9-14(11-15(10-12)18-19)4-3-13-5-7-16(8-6-13)20-17-2/h3-11H,1-2H3/b4-3+. The van der Waals surface area contributed by atoms with E-state index in [4.69, 9.17) is 0 Å². The molecule has 2 nitrogen and oxygen atoms in total. The van der Waals surface area contributed by atoms with Crippen molar-refractivity contribution in [2.24, 2.45) is 5.18 Å². The lowest BCUT2D eigenvalue weighted by Gasteiger charge is -2.00. The van der Waals surface area contributed by atoms with Crippen LogP contribution >= 0.6 is 11.6 Å². The number of nitroso groups, excluding NO2 is 1. The first kappa shape index (κ1) is 14.6. The number of hydrogen-bond acceptors (Lipinski definition) is 3. The molecule has 0 heterocycles. The van der Waals surface area contributed by atoms with Crippen molar-refractivity contribution in [1.82, 2.24) is 0 Å². The molecule has 0 aliphatic heterocycles. The van der Waals surface area contributed by atoms with Gasteiger partial charge in [0, 0.05) is 0 Å². The topological polar surface area (TPSA) is 29.4 Å². The van der Waals surface area contributed by atoms with E-state index >= 15 is 0 Å². The van der Waals surface area contributed by atoms with E-state index in [0.29, 0.717) is 5.69 Å². The second kappa shape index (κ2) is 7.10. The minimum absolute atomic E-state index is 0.467. The van der Waals surface area contributed by atoms with Crippen molar-refractivity contribution in [2.45, 2.75) is 18.6 Å². The molecular formula is C16H15BNOS. The van der Waals surface area contributed by atoms with Crippen LogP contribution in [0.25, 0.3) is 12.2 Å². The summed E-state index contributed by atoms with van der Waals surface area (Å²) < 4.78 is 0. The predicted molar refractivity (Wildman–Crippen MR) is 89.5 cm³/mol. The Bertz CT molecular complexity index is 623. The Morgan fingerprint density at radius 2 is 1.75 bits per heavy atom. The SMILES string of the molecule is C[B]Sc1ccc(/C=C/c2cc(C)cc(N=O)c2)cc1. The maximum absolute atomic E-state index is 10.6. The molecule has 1 radical (unpaired) electrons. The van der Waals surface area contributed by atoms with Crippen LogP contribution in [-0.4, -0.2) is 6.56 Å². The van der Waals surface area contributed by atoms with Gasteiger partial charge in [-0.1, -0.05) is 37.2 Å². The second-order valence-electron chi connectivity index (χ2n) is 4.45. The van der Waals surface area contributed by atoms with Crippen molar-refractivity contribution in [3.05, 3.63) is 64.1 Å². The first-order valence-electron chi connectivity index (χ1n) is 6.39. The Labute approximate surface area is 124 Å². The van der Waals surface area contributed by atoms with Crippen LogP contribution in [0.1, 0.15) is 16.7 Å². The monoisotopic (exact) mass is 280 g/mol. The minimum atomic E-state index is 0.467. The third-order valence-electron chi connectivity index (χ3n) is 2.79. The fraction of sp³-hybridized carbons (Fsp3) is 0.125. The molecule has 0 N–H and O–H groups in total. The predicted octanol–water partition coefficient (Wildman–Crippen LogP) is 5.32. The summed E-state index contributed by atoms with van der Waals surface area (Å²) in [6, 6.07) is 13.9. The average molecular weight is 280 g/mol. The summed E-state index contributed by atoms with van der Waals surface area (Å²) in [4.78, 5) is 11.8. The third kappa shape index (κ3) is 4.10. The zero-order chi connectivity index (χ0) is 14.4. The number of benzene rings is 2. The van der Waals surface area contributed by atoms with Gasteiger partial charge in [-0.3, -0.25) is 0 Å². The lowest BCUT2D eigenvalue weighted by Crippen LogP contribution is -1.78. The molecule has 0 spiro atoms. The van der Waals surface area contributed by atoms with Crippen molar-refractivity contribution in [2.75, 3.05) is 0 Å². The van der Waals surface area contributed by atoms with E-state index in [1.54, 1.807) is 23.7 Å². The highest BCUT2D eigenvalue weighted by Gasteiger charge is 1.96. The van der Waals surface area contributed by atoms with Crippen molar-refractivity contribution in [3.8, 4) is 0 Å². The summed E-state index contributed by atoms with van der Waals surface area (Å²) in [7, 11) is 0. The van der Waals surface area contributed by atoms with Gasteiger partial charge in [0.15, 0.2) is 6.56 Å². The fourth-order valence-corrected chi connectivity index (χ4v) is 2.49. The van der Waals surface area contributed by atoms with E-state index in [9.17, 15) is 4.91 Å². The largest absolute Gasteiger partial charge is 0.195 e. The molecule has 4 heteroatoms. The van der Waals surface area contributed by atoms with Gasteiger partial charge in [0.05, 0.1) is 0 Å². The van der Waals surface area contributed by atoms with Gasteiger partial charge in [-0.25, -0.2) is 0 Å². The van der Waals surface area contributed by atoms with Gasteiger partial charge >= 0.3 is 0 Å². The second-order valence-corrected chi connectivity index (χ2v) is 5.63. The Morgan fingerprint density at radius 3 is 2.40 bits per heavy atom. The molecule has 0 saturated carbocycles. The van der Waals surface area contributed by atoms with Crippen LogP contribution in [0.15, 0.2) is 52.5 Å². The normalized spacial score (nSPS) is 10.7. The maximum atomic E-state index is 10.6. The van der Waals surface area contributed by atoms with Crippen LogP contribution in [0.4, 0.5) is 5.69 Å². The Morgan fingerprint density at radius 1 is 1.05 bits per heavy atom. The molecule has 0 aliphatic rings. The molecule has 0 amide bonds. The third-order valence-corrected chi connectivity index (χ3v) is 3.57. The number of nitrogens with zero attached hydrogens (tertiary/aromatic N) is 1. The summed E-state index contributed by atoms with van der Waals surface area (Å²) in [6.45, 7) is 6.04. The molecular weight excluding hydrogens is 265 g/mol. The van der Waals surface area contributed by atoms with Gasteiger partial charge in [0.2, 0.25) is 0 Å². The smallest absolute Gasteiger partial charge is 0.184 e. The van der Waals surface area contributed by atoms with Crippen molar-refractivity contribution in [3.63, 3.8) is 0 Å². The van der Waals surface area contributed by atoms with Crippen molar-refractivity contribution < 1.29 is 0 Å². The summed E-state index contributed by atoms with van der Waals surface area (Å²) in [5.74, 6) is 0. The Hall–Kier alpha value is -1.81. The Balaban J connectivity index is 2.16. The van der Waals surface area contributed by atoms with Crippen LogP contribution in [0.2, 0.25) is 6.82 Å². The molecule has 2 aromatic carbocycles. The molecule has 0 aliphatic carbocycles. The first-order valence-corrected chi connectivity index (χ1v) is 7.27. The quantitative estimate of drug-likeness (QED) is 0.421. The van der Waals surface area contributed by atoms with Crippen LogP contribution in [-0.2, 0) is 0 Å². The van der Waals surface area contributed by atoms with Gasteiger partial charge < -0.3 is 0 Å². The molecule has 2 aromatic rings. The Kier molecular flexibility index (Phi) is 5.19. The van der Waals surface area contributed by atoms with Gasteiger partial charge in [-0.05, 0) is 58.0 Å². The van der Waals surface area contributed by atoms with Crippen LogP contribution < -0.4 is 0 Å². The summed E-state index contributed by atoms with van der Waals surface area (Å²) in [5, 5.41) is 2.99. The van der Waals surface area contributed by atoms with Gasteiger partial charge in [-0.2, -0.15) is 11.6 Å². The highest BCUT2D eigenvalue weighted by Crippen LogP contribution is 2.20. The molecule has 0 aromatic heterocycles. The maximum Gasteiger partial charge on any atom is 0.195 e. The van der Waals surface area contributed by atoms with E-state index in [1.165, 1.54) is 4.90 Å². The lowest BCUT2D eigenvalue weighted by molar-refractivity contribution is 1.40. The van der Waals surface area contributed by atoms with E-state index in [0.717, 1.165) is 16.7 Å². The molecule has 99 valence electrons. The molecule has 0 saturated heterocycles. The van der Waals surface area contributed by atoms with Crippen LogP contribution in [0.5, 0.6) is 0 Å². The molecule has 0 fully saturated rings. The zero-order valence-electron chi connectivity index (χ0n) is 11.5. The van der Waals surface area contributed by atoms with E-state index < -0.39 is 0 Å². The van der Waals surface area contributed by atoms with Gasteiger partial charge in [-0.15, -0.1) is 4.91 Å². The molecule has 20 heavy (non-hydrogen) atoms. The molecule has 0 unspecified atom stereocenters. The average Bonchev–Trinajstić information content (AvgIpc) is 2.46. The van der Waals surface area contributed by atoms with Gasteiger partial charge in [0.1, 0.15) is 5.69 Å². The highest BCUT2D eigenvalue weighted by molar-refractivity contribution is 8.22. The molecule has 0 atom stereocenters. The lowest BCUT2D eigenvalue weighted by atomic mass is 10.1. The van der Waals surface area contributed by atoms with E-state index in [2.05, 4.69) is 36.0 Å². The fourth-order valence-electron chi connectivity index (χ4n) is 1.93. The summed E-state index contributed by atoms with van der Waals surface area (Å²) >= 11 is 1.71. The van der Waals surface area contributed by atoms with Crippen LogP contribution in [0, 0.1) is 11.8 Å². The molecule has 2 rings (SSSR count). The number of rotatable bonds is 5. The summed E-state index contributed by atoms with van der Waals surface area (Å²) in [5.41, 5.74) is 3.62. The minimum Gasteiger partial charge on any atom is -0.184 e. The van der Waals surface area contributed by atoms with Crippen molar-refractivity contribution in [1.29, 1.82) is 0 Å². The van der Waals surface area contributed by atoms with Crippen LogP contribution in [0.3, 0.4) is 0 Å². The number of hydrogen-bond donors (Lipinski definition) is 0. The number of aryl methyl sites for hydroxylation is 1.